The van der Waals surface area contributed by atoms with E-state index in [0.717, 1.165) is 6.20 Å². The number of halogens is 1. The van der Waals surface area contributed by atoms with Gasteiger partial charge in [-0.05, 0) is 12.3 Å². The second kappa shape index (κ2) is 9.22. The van der Waals surface area contributed by atoms with Crippen molar-refractivity contribution < 1.29 is 14.7 Å². The van der Waals surface area contributed by atoms with E-state index in [1.54, 1.807) is 6.07 Å². The molecule has 0 saturated heterocycles. The van der Waals surface area contributed by atoms with E-state index in [1.807, 2.05) is 13.8 Å². The number of carbonyl (C=O) groups excluding carboxylic acids is 1. The van der Waals surface area contributed by atoms with Gasteiger partial charge in [0.25, 0.3) is 5.91 Å². The number of carboxylic acid groups (broad SMARTS) is 1. The SMILES string of the molecule is CC(C)CC(N/C=C(/C#N)C(=O)NCCCl)C(=O)O. The van der Waals surface area contributed by atoms with Gasteiger partial charge < -0.3 is 15.7 Å². The van der Waals surface area contributed by atoms with Crippen LogP contribution in [0.3, 0.4) is 0 Å². The van der Waals surface area contributed by atoms with Crippen LogP contribution in [0.4, 0.5) is 0 Å². The summed E-state index contributed by atoms with van der Waals surface area (Å²) < 4.78 is 0. The van der Waals surface area contributed by atoms with Gasteiger partial charge in [-0.2, -0.15) is 5.26 Å². The number of carbonyl (C=O) groups is 2. The second-order valence-electron chi connectivity index (χ2n) is 4.30. The van der Waals surface area contributed by atoms with E-state index in [9.17, 15) is 9.59 Å². The third-order valence-corrected chi connectivity index (χ3v) is 2.37. The van der Waals surface area contributed by atoms with Crippen molar-refractivity contribution in [2.75, 3.05) is 12.4 Å². The fourth-order valence-corrected chi connectivity index (χ4v) is 1.39. The van der Waals surface area contributed by atoms with Gasteiger partial charge in [-0.25, -0.2) is 4.79 Å². The molecule has 0 aromatic heterocycles. The molecule has 0 aliphatic heterocycles. The minimum Gasteiger partial charge on any atom is -0.480 e. The van der Waals surface area contributed by atoms with E-state index in [0.29, 0.717) is 6.42 Å². The maximum Gasteiger partial charge on any atom is 0.326 e. The molecule has 0 aliphatic carbocycles. The molecule has 3 N–H and O–H groups in total. The Hall–Kier alpha value is -1.74. The van der Waals surface area contributed by atoms with Crippen LogP contribution in [0.2, 0.25) is 0 Å². The summed E-state index contributed by atoms with van der Waals surface area (Å²) >= 11 is 5.41. The fourth-order valence-electron chi connectivity index (χ4n) is 1.30. The molecule has 0 fully saturated rings. The number of amides is 1. The molecule has 0 spiro atoms. The molecular formula is C12H18ClN3O3. The van der Waals surface area contributed by atoms with Crippen molar-refractivity contribution in [3.8, 4) is 6.07 Å². The van der Waals surface area contributed by atoms with Crippen molar-refractivity contribution in [2.45, 2.75) is 26.3 Å². The van der Waals surface area contributed by atoms with Crippen molar-refractivity contribution in [3.63, 3.8) is 0 Å². The molecule has 0 aromatic rings. The van der Waals surface area contributed by atoms with Crippen molar-refractivity contribution in [1.82, 2.24) is 10.6 Å². The molecule has 7 heteroatoms. The highest BCUT2D eigenvalue weighted by atomic mass is 35.5. The number of nitrogens with zero attached hydrogens (tertiary/aromatic N) is 1. The third-order valence-electron chi connectivity index (χ3n) is 2.18. The van der Waals surface area contributed by atoms with Gasteiger partial charge in [0.05, 0.1) is 0 Å². The quantitative estimate of drug-likeness (QED) is 0.349. The molecule has 19 heavy (non-hydrogen) atoms. The van der Waals surface area contributed by atoms with Crippen LogP contribution in [-0.4, -0.2) is 35.4 Å². The predicted octanol–water partition coefficient (Wildman–Crippen LogP) is 0.838. The molecule has 1 atom stereocenters. The number of nitriles is 1. The van der Waals surface area contributed by atoms with Gasteiger partial charge in [0.2, 0.25) is 0 Å². The second-order valence-corrected chi connectivity index (χ2v) is 4.68. The largest absolute Gasteiger partial charge is 0.480 e. The van der Waals surface area contributed by atoms with Crippen LogP contribution in [0.1, 0.15) is 20.3 Å². The molecule has 0 rings (SSSR count). The van der Waals surface area contributed by atoms with Crippen molar-refractivity contribution >= 4 is 23.5 Å². The van der Waals surface area contributed by atoms with Crippen LogP contribution >= 0.6 is 11.6 Å². The number of alkyl halides is 1. The Morgan fingerprint density at radius 3 is 2.53 bits per heavy atom. The zero-order chi connectivity index (χ0) is 14.8. The minimum atomic E-state index is -1.02. The molecule has 106 valence electrons. The summed E-state index contributed by atoms with van der Waals surface area (Å²) in [6.07, 6.45) is 1.53. The average molecular weight is 288 g/mol. The van der Waals surface area contributed by atoms with E-state index in [-0.39, 0.29) is 23.9 Å². The molecule has 0 aromatic carbocycles. The molecule has 0 heterocycles. The lowest BCUT2D eigenvalue weighted by Gasteiger charge is -2.15. The molecule has 1 amide bonds. The minimum absolute atomic E-state index is 0.178. The van der Waals surface area contributed by atoms with Gasteiger partial charge >= 0.3 is 5.97 Å². The van der Waals surface area contributed by atoms with Gasteiger partial charge in [0.1, 0.15) is 17.7 Å². The topological polar surface area (TPSA) is 102 Å². The van der Waals surface area contributed by atoms with E-state index >= 15 is 0 Å². The van der Waals surface area contributed by atoms with Crippen molar-refractivity contribution in [1.29, 1.82) is 5.26 Å². The van der Waals surface area contributed by atoms with Crippen LogP contribution in [-0.2, 0) is 9.59 Å². The normalized spacial score (nSPS) is 12.7. The zero-order valence-corrected chi connectivity index (χ0v) is 11.7. The Kier molecular flexibility index (Phi) is 8.38. The number of hydrogen-bond acceptors (Lipinski definition) is 4. The Bertz CT molecular complexity index is 388. The lowest BCUT2D eigenvalue weighted by atomic mass is 10.0. The number of carboxylic acids is 1. The summed E-state index contributed by atoms with van der Waals surface area (Å²) in [4.78, 5) is 22.5. The van der Waals surface area contributed by atoms with E-state index < -0.39 is 17.9 Å². The van der Waals surface area contributed by atoms with E-state index in [1.165, 1.54) is 0 Å². The van der Waals surface area contributed by atoms with Crippen LogP contribution in [0, 0.1) is 17.2 Å². The number of nitrogens with one attached hydrogen (secondary N) is 2. The molecule has 1 unspecified atom stereocenters. The van der Waals surface area contributed by atoms with E-state index in [4.69, 9.17) is 22.0 Å². The third kappa shape index (κ3) is 7.32. The highest BCUT2D eigenvalue weighted by molar-refractivity contribution is 6.18. The van der Waals surface area contributed by atoms with Crippen LogP contribution < -0.4 is 10.6 Å². The summed E-state index contributed by atoms with van der Waals surface area (Å²) in [6, 6.07) is 0.879. The average Bonchev–Trinajstić information content (AvgIpc) is 2.34. The van der Waals surface area contributed by atoms with Crippen LogP contribution in [0.5, 0.6) is 0 Å². The maximum absolute atomic E-state index is 11.5. The van der Waals surface area contributed by atoms with Gasteiger partial charge in [-0.15, -0.1) is 11.6 Å². The summed E-state index contributed by atoms with van der Waals surface area (Å²) in [5.41, 5.74) is -0.180. The highest BCUT2D eigenvalue weighted by Gasteiger charge is 2.18. The first-order valence-electron chi connectivity index (χ1n) is 5.85. The first-order chi connectivity index (χ1) is 8.92. The van der Waals surface area contributed by atoms with Gasteiger partial charge in [0, 0.05) is 18.6 Å². The van der Waals surface area contributed by atoms with Crippen LogP contribution in [0.25, 0.3) is 0 Å². The molecule has 0 saturated carbocycles. The van der Waals surface area contributed by atoms with Crippen LogP contribution in [0.15, 0.2) is 11.8 Å². The highest BCUT2D eigenvalue weighted by Crippen LogP contribution is 2.05. The number of rotatable bonds is 8. The molecule has 0 bridgehead atoms. The lowest BCUT2D eigenvalue weighted by Crippen LogP contribution is -2.35. The Labute approximate surface area is 117 Å². The molecule has 6 nitrogen and oxygen atoms in total. The van der Waals surface area contributed by atoms with Gasteiger partial charge in [0.15, 0.2) is 0 Å². The lowest BCUT2D eigenvalue weighted by molar-refractivity contribution is -0.139. The smallest absolute Gasteiger partial charge is 0.326 e. The molecule has 0 aliphatic rings. The zero-order valence-electron chi connectivity index (χ0n) is 10.9. The first-order valence-corrected chi connectivity index (χ1v) is 6.39. The molecular weight excluding hydrogens is 270 g/mol. The van der Waals surface area contributed by atoms with E-state index in [2.05, 4.69) is 10.6 Å². The summed E-state index contributed by atoms with van der Waals surface area (Å²) in [5.74, 6) is -1.19. The number of hydrogen-bond donors (Lipinski definition) is 3. The fraction of sp³-hybridized carbons (Fsp3) is 0.583. The maximum atomic E-state index is 11.5. The molecule has 0 radical (unpaired) electrons. The predicted molar refractivity (Wildman–Crippen MR) is 71.4 cm³/mol. The summed E-state index contributed by atoms with van der Waals surface area (Å²) in [5, 5.41) is 22.8. The Morgan fingerprint density at radius 2 is 2.11 bits per heavy atom. The van der Waals surface area contributed by atoms with Gasteiger partial charge in [-0.1, -0.05) is 13.8 Å². The first kappa shape index (κ1) is 17.3. The Balaban J connectivity index is 4.65. The summed E-state index contributed by atoms with van der Waals surface area (Å²) in [7, 11) is 0. The summed E-state index contributed by atoms with van der Waals surface area (Å²) in [6.45, 7) is 4.02. The van der Waals surface area contributed by atoms with Gasteiger partial charge in [-0.3, -0.25) is 4.79 Å². The number of aliphatic carboxylic acids is 1. The Morgan fingerprint density at radius 1 is 1.47 bits per heavy atom. The van der Waals surface area contributed by atoms with Crippen molar-refractivity contribution in [2.24, 2.45) is 5.92 Å². The monoisotopic (exact) mass is 287 g/mol. The van der Waals surface area contributed by atoms with Crippen molar-refractivity contribution in [3.05, 3.63) is 11.8 Å². The standard InChI is InChI=1S/C12H18ClN3O3/c1-8(2)5-10(12(18)19)16-7-9(6-14)11(17)15-4-3-13/h7-8,10,16H,3-5H2,1-2H3,(H,15,17)(H,18,19)/b9-7-.